The van der Waals surface area contributed by atoms with E-state index in [1.54, 1.807) is 0 Å². The SMILES string of the molecule is Cc1cccc(C2(C(=O)NC3CC(N(CC(=O)O)CC4CC4)C3)CCCC2)c1. The molecule has 1 amide bonds. The zero-order valence-electron chi connectivity index (χ0n) is 16.8. The largest absolute Gasteiger partial charge is 0.480 e. The highest BCUT2D eigenvalue weighted by molar-refractivity contribution is 5.89. The van der Waals surface area contributed by atoms with E-state index in [-0.39, 0.29) is 23.9 Å². The van der Waals surface area contributed by atoms with Gasteiger partial charge in [0.05, 0.1) is 12.0 Å². The number of benzene rings is 1. The molecule has 0 aliphatic heterocycles. The zero-order chi connectivity index (χ0) is 19.7. The molecule has 0 spiro atoms. The van der Waals surface area contributed by atoms with Crippen molar-refractivity contribution < 1.29 is 14.7 Å². The normalized spacial score (nSPS) is 26.1. The smallest absolute Gasteiger partial charge is 0.317 e. The Balaban J connectivity index is 1.37. The molecule has 0 saturated heterocycles. The summed E-state index contributed by atoms with van der Waals surface area (Å²) in [4.78, 5) is 26.6. The Labute approximate surface area is 167 Å². The number of carboxylic acid groups (broad SMARTS) is 1. The summed E-state index contributed by atoms with van der Waals surface area (Å²) in [6.45, 7) is 3.09. The average Bonchev–Trinajstić information content (AvgIpc) is 3.28. The van der Waals surface area contributed by atoms with E-state index >= 15 is 0 Å². The number of aryl methyl sites for hydroxylation is 1. The van der Waals surface area contributed by atoms with Crippen molar-refractivity contribution in [3.05, 3.63) is 35.4 Å². The predicted octanol–water partition coefficient (Wildman–Crippen LogP) is 3.25. The van der Waals surface area contributed by atoms with Gasteiger partial charge in [-0.2, -0.15) is 0 Å². The monoisotopic (exact) mass is 384 g/mol. The first-order valence-electron chi connectivity index (χ1n) is 10.8. The van der Waals surface area contributed by atoms with Gasteiger partial charge < -0.3 is 10.4 Å². The summed E-state index contributed by atoms with van der Waals surface area (Å²) in [5.74, 6) is 0.0968. The molecule has 1 aromatic rings. The zero-order valence-corrected chi connectivity index (χ0v) is 16.8. The molecule has 0 radical (unpaired) electrons. The van der Waals surface area contributed by atoms with E-state index in [0.29, 0.717) is 12.0 Å². The van der Waals surface area contributed by atoms with Crippen molar-refractivity contribution in [2.75, 3.05) is 13.1 Å². The highest BCUT2D eigenvalue weighted by Gasteiger charge is 2.45. The van der Waals surface area contributed by atoms with E-state index in [4.69, 9.17) is 0 Å². The number of carboxylic acids is 1. The molecule has 3 aliphatic carbocycles. The summed E-state index contributed by atoms with van der Waals surface area (Å²) in [6.07, 6.45) is 8.23. The summed E-state index contributed by atoms with van der Waals surface area (Å²) >= 11 is 0. The van der Waals surface area contributed by atoms with Gasteiger partial charge in [0.1, 0.15) is 0 Å². The Morgan fingerprint density at radius 1 is 1.21 bits per heavy atom. The maximum Gasteiger partial charge on any atom is 0.317 e. The lowest BCUT2D eigenvalue weighted by molar-refractivity contribution is -0.140. The highest BCUT2D eigenvalue weighted by atomic mass is 16.4. The van der Waals surface area contributed by atoms with Crippen molar-refractivity contribution in [1.29, 1.82) is 0 Å². The molecule has 0 bridgehead atoms. The van der Waals surface area contributed by atoms with Gasteiger partial charge in [0.2, 0.25) is 5.91 Å². The first-order valence-corrected chi connectivity index (χ1v) is 10.8. The fourth-order valence-electron chi connectivity index (χ4n) is 5.04. The van der Waals surface area contributed by atoms with Gasteiger partial charge in [-0.15, -0.1) is 0 Å². The lowest BCUT2D eigenvalue weighted by Crippen LogP contribution is -2.57. The van der Waals surface area contributed by atoms with Crippen LogP contribution in [0.3, 0.4) is 0 Å². The molecule has 152 valence electrons. The van der Waals surface area contributed by atoms with Crippen molar-refractivity contribution in [2.24, 2.45) is 5.92 Å². The van der Waals surface area contributed by atoms with Crippen LogP contribution in [0.1, 0.15) is 62.5 Å². The molecule has 0 atom stereocenters. The molecule has 0 heterocycles. The minimum Gasteiger partial charge on any atom is -0.480 e. The van der Waals surface area contributed by atoms with Crippen molar-refractivity contribution in [1.82, 2.24) is 10.2 Å². The van der Waals surface area contributed by atoms with Crippen LogP contribution in [0.4, 0.5) is 0 Å². The van der Waals surface area contributed by atoms with Gasteiger partial charge in [-0.05, 0) is 56.9 Å². The molecular formula is C23H32N2O3. The molecule has 5 nitrogen and oxygen atoms in total. The molecule has 3 fully saturated rings. The number of aliphatic carboxylic acids is 1. The van der Waals surface area contributed by atoms with Gasteiger partial charge >= 0.3 is 5.97 Å². The number of carbonyl (C=O) groups is 2. The molecule has 3 aliphatic rings. The molecule has 0 aromatic heterocycles. The number of nitrogens with one attached hydrogen (secondary N) is 1. The molecule has 3 saturated carbocycles. The Bertz CT molecular complexity index is 731. The standard InChI is InChI=1S/C23H32N2O3/c1-16-5-4-6-18(11-16)23(9-2-3-10-23)22(28)24-19-12-20(13-19)25(15-21(26)27)14-17-7-8-17/h4-6,11,17,19-20H,2-3,7-10,12-15H2,1H3,(H,24,28)(H,26,27). The van der Waals surface area contributed by atoms with E-state index in [1.807, 2.05) is 0 Å². The third-order valence-corrected chi connectivity index (χ3v) is 6.96. The fourth-order valence-corrected chi connectivity index (χ4v) is 5.04. The van der Waals surface area contributed by atoms with Crippen LogP contribution in [-0.2, 0) is 15.0 Å². The number of rotatable bonds is 8. The summed E-state index contributed by atoms with van der Waals surface area (Å²) in [7, 11) is 0. The van der Waals surface area contributed by atoms with Crippen molar-refractivity contribution in [3.63, 3.8) is 0 Å². The fraction of sp³-hybridized carbons (Fsp3) is 0.652. The van der Waals surface area contributed by atoms with E-state index in [2.05, 4.69) is 41.4 Å². The Hall–Kier alpha value is -1.88. The van der Waals surface area contributed by atoms with Gasteiger partial charge in [0.15, 0.2) is 0 Å². The second-order valence-electron chi connectivity index (χ2n) is 9.22. The van der Waals surface area contributed by atoms with Gasteiger partial charge in [0.25, 0.3) is 0 Å². The van der Waals surface area contributed by atoms with E-state index in [0.717, 1.165) is 50.6 Å². The first kappa shape index (κ1) is 19.4. The minimum atomic E-state index is -0.752. The summed E-state index contributed by atoms with van der Waals surface area (Å²) in [6, 6.07) is 8.87. The maximum absolute atomic E-state index is 13.3. The van der Waals surface area contributed by atoms with Crippen LogP contribution in [0.2, 0.25) is 0 Å². The van der Waals surface area contributed by atoms with Gasteiger partial charge in [0, 0.05) is 18.6 Å². The van der Waals surface area contributed by atoms with Crippen molar-refractivity contribution in [3.8, 4) is 0 Å². The van der Waals surface area contributed by atoms with Crippen LogP contribution in [0.25, 0.3) is 0 Å². The van der Waals surface area contributed by atoms with Crippen LogP contribution in [0.15, 0.2) is 24.3 Å². The molecule has 4 rings (SSSR count). The van der Waals surface area contributed by atoms with E-state index in [1.165, 1.54) is 18.4 Å². The number of hydrogen-bond acceptors (Lipinski definition) is 3. The Morgan fingerprint density at radius 3 is 2.54 bits per heavy atom. The Morgan fingerprint density at radius 2 is 1.93 bits per heavy atom. The number of amides is 1. The summed E-state index contributed by atoms with van der Waals surface area (Å²) in [5.41, 5.74) is 1.97. The number of nitrogens with zero attached hydrogens (tertiary/aromatic N) is 1. The average molecular weight is 385 g/mol. The third kappa shape index (κ3) is 4.09. The van der Waals surface area contributed by atoms with Crippen molar-refractivity contribution in [2.45, 2.75) is 75.8 Å². The number of hydrogen-bond donors (Lipinski definition) is 2. The molecule has 28 heavy (non-hydrogen) atoms. The molecule has 1 aromatic carbocycles. The Kier molecular flexibility index (Phi) is 5.46. The summed E-state index contributed by atoms with van der Waals surface area (Å²) < 4.78 is 0. The van der Waals surface area contributed by atoms with Crippen LogP contribution in [-0.4, -0.2) is 47.1 Å². The topological polar surface area (TPSA) is 69.6 Å². The number of carbonyl (C=O) groups excluding carboxylic acids is 1. The minimum absolute atomic E-state index is 0.120. The van der Waals surface area contributed by atoms with Gasteiger partial charge in [-0.3, -0.25) is 14.5 Å². The van der Waals surface area contributed by atoms with Crippen LogP contribution in [0, 0.1) is 12.8 Å². The second-order valence-corrected chi connectivity index (χ2v) is 9.22. The molecule has 0 unspecified atom stereocenters. The lowest BCUT2D eigenvalue weighted by Gasteiger charge is -2.44. The van der Waals surface area contributed by atoms with Gasteiger partial charge in [-0.25, -0.2) is 0 Å². The first-order chi connectivity index (χ1) is 13.5. The predicted molar refractivity (Wildman–Crippen MR) is 108 cm³/mol. The molecule has 2 N–H and O–H groups in total. The lowest BCUT2D eigenvalue weighted by atomic mass is 9.76. The quantitative estimate of drug-likeness (QED) is 0.722. The summed E-state index contributed by atoms with van der Waals surface area (Å²) in [5, 5.41) is 12.5. The van der Waals surface area contributed by atoms with E-state index in [9.17, 15) is 14.7 Å². The van der Waals surface area contributed by atoms with E-state index < -0.39 is 5.97 Å². The highest BCUT2D eigenvalue weighted by Crippen LogP contribution is 2.42. The van der Waals surface area contributed by atoms with Crippen LogP contribution in [0.5, 0.6) is 0 Å². The maximum atomic E-state index is 13.3. The van der Waals surface area contributed by atoms with Crippen molar-refractivity contribution >= 4 is 11.9 Å². The van der Waals surface area contributed by atoms with Crippen LogP contribution < -0.4 is 5.32 Å². The van der Waals surface area contributed by atoms with Crippen LogP contribution >= 0.6 is 0 Å². The third-order valence-electron chi connectivity index (χ3n) is 6.96. The van der Waals surface area contributed by atoms with Gasteiger partial charge in [-0.1, -0.05) is 42.7 Å². The molecular weight excluding hydrogens is 352 g/mol. The molecule has 5 heteroatoms. The second kappa shape index (κ2) is 7.86.